The highest BCUT2D eigenvalue weighted by molar-refractivity contribution is 5.95. The van der Waals surface area contributed by atoms with E-state index >= 15 is 0 Å². The molecule has 0 aliphatic heterocycles. The van der Waals surface area contributed by atoms with E-state index in [1.54, 1.807) is 35.4 Å². The Morgan fingerprint density at radius 2 is 2.15 bits per heavy atom. The number of hydrogen-bond donors (Lipinski definition) is 1. The lowest BCUT2D eigenvalue weighted by atomic mass is 10.1. The Kier molecular flexibility index (Phi) is 4.88. The average Bonchev–Trinajstić information content (AvgIpc) is 3.20. The third kappa shape index (κ3) is 3.51. The average molecular weight is 353 g/mol. The van der Waals surface area contributed by atoms with Crippen molar-refractivity contribution in [3.63, 3.8) is 0 Å². The zero-order chi connectivity index (χ0) is 18.5. The molecule has 2 heterocycles. The molecule has 0 radical (unpaired) electrons. The highest BCUT2D eigenvalue weighted by atomic mass is 16.6. The summed E-state index contributed by atoms with van der Waals surface area (Å²) < 4.78 is 6.53. The summed E-state index contributed by atoms with van der Waals surface area (Å²) >= 11 is 0. The number of aromatic nitrogens is 3. The third-order valence-corrected chi connectivity index (χ3v) is 3.67. The molecule has 0 fully saturated rings. The number of carbonyl (C=O) groups is 1. The summed E-state index contributed by atoms with van der Waals surface area (Å²) in [4.78, 5) is 27.1. The van der Waals surface area contributed by atoms with E-state index in [0.29, 0.717) is 5.82 Å². The fourth-order valence-corrected chi connectivity index (χ4v) is 2.42. The molecule has 1 N–H and O–H groups in total. The molecule has 3 aromatic rings. The van der Waals surface area contributed by atoms with E-state index < -0.39 is 10.8 Å². The lowest BCUT2D eigenvalue weighted by Crippen LogP contribution is -2.24. The smallest absolute Gasteiger partial charge is 0.311 e. The van der Waals surface area contributed by atoms with Gasteiger partial charge in [0.1, 0.15) is 0 Å². The fraction of sp³-hybridized carbons (Fsp3) is 0.118. The molecule has 9 nitrogen and oxygen atoms in total. The molecule has 0 bridgehead atoms. The Bertz CT molecular complexity index is 940. The Morgan fingerprint density at radius 1 is 1.31 bits per heavy atom. The SMILES string of the molecule is COc1ccc(C(=O)NCc2cccnc2-n2cccn2)cc1[N+](=O)[O-]. The standard InChI is InChI=1S/C17H15N5O4/c1-26-15-6-5-12(10-14(15)22(24)25)17(23)19-11-13-4-2-7-18-16(13)21-9-3-8-20-21/h2-10H,11H2,1H3,(H,19,23). The van der Waals surface area contributed by atoms with E-state index in [9.17, 15) is 14.9 Å². The minimum Gasteiger partial charge on any atom is -0.490 e. The summed E-state index contributed by atoms with van der Waals surface area (Å²) in [5, 5.41) is 18.0. The molecule has 3 rings (SSSR count). The normalized spacial score (nSPS) is 10.3. The summed E-state index contributed by atoms with van der Waals surface area (Å²) in [6.07, 6.45) is 5.02. The number of nitrogens with one attached hydrogen (secondary N) is 1. The number of methoxy groups -OCH3 is 1. The first-order chi connectivity index (χ1) is 12.6. The van der Waals surface area contributed by atoms with Gasteiger partial charge < -0.3 is 10.1 Å². The molecule has 0 aliphatic carbocycles. The van der Waals surface area contributed by atoms with Crippen molar-refractivity contribution in [1.29, 1.82) is 0 Å². The van der Waals surface area contributed by atoms with Crippen LogP contribution in [0.4, 0.5) is 5.69 Å². The van der Waals surface area contributed by atoms with Crippen LogP contribution in [-0.4, -0.2) is 32.7 Å². The summed E-state index contributed by atoms with van der Waals surface area (Å²) in [6, 6.07) is 9.40. The molecule has 1 amide bonds. The molecule has 9 heteroatoms. The topological polar surface area (TPSA) is 112 Å². The van der Waals surface area contributed by atoms with Crippen molar-refractivity contribution in [3.8, 4) is 11.6 Å². The number of rotatable bonds is 6. The molecule has 0 unspecified atom stereocenters. The zero-order valence-corrected chi connectivity index (χ0v) is 13.8. The van der Waals surface area contributed by atoms with Crippen LogP contribution in [0, 0.1) is 10.1 Å². The van der Waals surface area contributed by atoms with E-state index in [2.05, 4.69) is 15.4 Å². The maximum absolute atomic E-state index is 12.4. The second-order valence-electron chi connectivity index (χ2n) is 5.26. The number of carbonyl (C=O) groups excluding carboxylic acids is 1. The molecule has 0 saturated carbocycles. The van der Waals surface area contributed by atoms with Crippen LogP contribution in [0.2, 0.25) is 0 Å². The second-order valence-corrected chi connectivity index (χ2v) is 5.26. The summed E-state index contributed by atoms with van der Waals surface area (Å²) in [5.74, 6) is 0.254. The number of benzene rings is 1. The Morgan fingerprint density at radius 3 is 2.85 bits per heavy atom. The van der Waals surface area contributed by atoms with Gasteiger partial charge in [0.2, 0.25) is 0 Å². The van der Waals surface area contributed by atoms with E-state index in [0.717, 1.165) is 5.56 Å². The number of amides is 1. The van der Waals surface area contributed by atoms with Crippen LogP contribution in [0.5, 0.6) is 5.75 Å². The predicted molar refractivity (Wildman–Crippen MR) is 92.2 cm³/mol. The number of hydrogen-bond acceptors (Lipinski definition) is 6. The quantitative estimate of drug-likeness (QED) is 0.536. The van der Waals surface area contributed by atoms with Gasteiger partial charge >= 0.3 is 5.69 Å². The maximum atomic E-state index is 12.4. The first kappa shape index (κ1) is 17.1. The van der Waals surface area contributed by atoms with Crippen LogP contribution in [-0.2, 0) is 6.54 Å². The molecule has 1 aromatic carbocycles. The van der Waals surface area contributed by atoms with Crippen molar-refractivity contribution < 1.29 is 14.5 Å². The van der Waals surface area contributed by atoms with Crippen LogP contribution in [0.1, 0.15) is 15.9 Å². The van der Waals surface area contributed by atoms with Crippen molar-refractivity contribution >= 4 is 11.6 Å². The third-order valence-electron chi connectivity index (χ3n) is 3.67. The number of pyridine rings is 1. The van der Waals surface area contributed by atoms with Crippen LogP contribution in [0.3, 0.4) is 0 Å². The number of nitro benzene ring substituents is 1. The number of ether oxygens (including phenoxy) is 1. The van der Waals surface area contributed by atoms with Crippen molar-refractivity contribution in [2.45, 2.75) is 6.54 Å². The highest BCUT2D eigenvalue weighted by Gasteiger charge is 2.18. The number of nitro groups is 1. The van der Waals surface area contributed by atoms with Crippen LogP contribution in [0.25, 0.3) is 5.82 Å². The Hall–Kier alpha value is -3.75. The first-order valence-electron chi connectivity index (χ1n) is 7.64. The largest absolute Gasteiger partial charge is 0.490 e. The van der Waals surface area contributed by atoms with E-state index in [1.165, 1.54) is 25.3 Å². The van der Waals surface area contributed by atoms with Crippen LogP contribution in [0.15, 0.2) is 55.0 Å². The summed E-state index contributed by atoms with van der Waals surface area (Å²) in [6.45, 7) is 0.196. The molecule has 2 aromatic heterocycles. The van der Waals surface area contributed by atoms with Crippen LogP contribution >= 0.6 is 0 Å². The molecule has 0 atom stereocenters. The van der Waals surface area contributed by atoms with Crippen LogP contribution < -0.4 is 10.1 Å². The summed E-state index contributed by atoms with van der Waals surface area (Å²) in [5.41, 5.74) is 0.661. The second kappa shape index (κ2) is 7.43. The first-order valence-corrected chi connectivity index (χ1v) is 7.64. The van der Waals surface area contributed by atoms with Crippen molar-refractivity contribution in [3.05, 3.63) is 76.2 Å². The Balaban J connectivity index is 1.78. The van der Waals surface area contributed by atoms with Gasteiger partial charge in [-0.3, -0.25) is 14.9 Å². The molecular weight excluding hydrogens is 338 g/mol. The van der Waals surface area contributed by atoms with Crippen molar-refractivity contribution in [2.24, 2.45) is 0 Å². The lowest BCUT2D eigenvalue weighted by molar-refractivity contribution is -0.385. The molecule has 0 saturated heterocycles. The predicted octanol–water partition coefficient (Wildman–Crippen LogP) is 2.11. The van der Waals surface area contributed by atoms with Gasteiger partial charge in [-0.15, -0.1) is 0 Å². The van der Waals surface area contributed by atoms with Crippen molar-refractivity contribution in [2.75, 3.05) is 7.11 Å². The van der Waals surface area contributed by atoms with Gasteiger partial charge in [0.25, 0.3) is 5.91 Å². The molecule has 132 valence electrons. The maximum Gasteiger partial charge on any atom is 0.311 e. The van der Waals surface area contributed by atoms with Crippen molar-refractivity contribution in [1.82, 2.24) is 20.1 Å². The summed E-state index contributed by atoms with van der Waals surface area (Å²) in [7, 11) is 1.33. The fourth-order valence-electron chi connectivity index (χ4n) is 2.42. The van der Waals surface area contributed by atoms with Gasteiger partial charge in [-0.1, -0.05) is 6.07 Å². The van der Waals surface area contributed by atoms with Gasteiger partial charge in [0.15, 0.2) is 11.6 Å². The van der Waals surface area contributed by atoms with Gasteiger partial charge in [-0.05, 0) is 24.3 Å². The number of nitrogens with zero attached hydrogens (tertiary/aromatic N) is 4. The minimum absolute atomic E-state index is 0.0970. The van der Waals surface area contributed by atoms with Gasteiger partial charge in [0, 0.05) is 42.3 Å². The molecular formula is C17H15N5O4. The van der Waals surface area contributed by atoms with E-state index in [-0.39, 0.29) is 23.5 Å². The molecule has 0 aliphatic rings. The highest BCUT2D eigenvalue weighted by Crippen LogP contribution is 2.27. The van der Waals surface area contributed by atoms with Gasteiger partial charge in [0.05, 0.1) is 12.0 Å². The monoisotopic (exact) mass is 353 g/mol. The Labute approximate surface area is 148 Å². The van der Waals surface area contributed by atoms with E-state index in [4.69, 9.17) is 4.74 Å². The minimum atomic E-state index is -0.591. The zero-order valence-electron chi connectivity index (χ0n) is 13.8. The van der Waals surface area contributed by atoms with E-state index in [1.807, 2.05) is 6.07 Å². The lowest BCUT2D eigenvalue weighted by Gasteiger charge is -2.10. The van der Waals surface area contributed by atoms with Gasteiger partial charge in [-0.25, -0.2) is 9.67 Å². The molecule has 26 heavy (non-hydrogen) atoms. The van der Waals surface area contributed by atoms with Gasteiger partial charge in [-0.2, -0.15) is 5.10 Å². The molecule has 0 spiro atoms.